The van der Waals surface area contributed by atoms with Crippen LogP contribution >= 0.6 is 0 Å². The number of benzene rings is 1. The summed E-state index contributed by atoms with van der Waals surface area (Å²) in [4.78, 5) is 12.8. The number of ether oxygens (including phenoxy) is 2. The molecule has 1 aliphatic rings. The Hall–Kier alpha value is -1.81. The third kappa shape index (κ3) is 6.34. The monoisotopic (exact) mass is 416 g/mol. The Balaban J connectivity index is 2.47. The highest BCUT2D eigenvalue weighted by Crippen LogP contribution is 2.42. The summed E-state index contributed by atoms with van der Waals surface area (Å²) in [5, 5.41) is 10.2. The van der Waals surface area contributed by atoms with Crippen molar-refractivity contribution in [1.29, 1.82) is 0 Å². The molecule has 1 aromatic rings. The van der Waals surface area contributed by atoms with Gasteiger partial charge in [0.2, 0.25) is 0 Å². The van der Waals surface area contributed by atoms with Gasteiger partial charge >= 0.3 is 5.97 Å². The standard InChI is InChI=1S/C26H40O4/c1-17(2)22-12-11-18(3)13-23(22)24(30-25(28)26(4,5)6)15-20(16-27)19-9-8-10-21(14-19)29-7/h8-10,14-15,17-18,22-24,27H,11-13,16H2,1-7H3/b20-15+/t18-,22+,23-,24+/m1/s1. The molecule has 0 amide bonds. The van der Waals surface area contributed by atoms with E-state index in [1.807, 2.05) is 51.1 Å². The minimum absolute atomic E-state index is 0.120. The Bertz CT molecular complexity index is 729. The van der Waals surface area contributed by atoms with Gasteiger partial charge in [0.05, 0.1) is 19.1 Å². The average Bonchev–Trinajstić information content (AvgIpc) is 2.69. The molecule has 4 atom stereocenters. The van der Waals surface area contributed by atoms with Crippen LogP contribution in [0.1, 0.15) is 66.4 Å². The van der Waals surface area contributed by atoms with E-state index in [2.05, 4.69) is 20.8 Å². The molecule has 30 heavy (non-hydrogen) atoms. The minimum Gasteiger partial charge on any atom is -0.497 e. The first kappa shape index (κ1) is 24.5. The summed E-state index contributed by atoms with van der Waals surface area (Å²) in [5.74, 6) is 2.38. The molecule has 1 saturated carbocycles. The van der Waals surface area contributed by atoms with E-state index in [1.54, 1.807) is 7.11 Å². The normalized spacial score (nSPS) is 23.9. The number of aliphatic hydroxyl groups is 1. The molecule has 1 fully saturated rings. The molecule has 0 bridgehead atoms. The van der Waals surface area contributed by atoms with E-state index in [0.29, 0.717) is 17.8 Å². The van der Waals surface area contributed by atoms with E-state index in [0.717, 1.165) is 29.7 Å². The molecule has 1 N–H and O–H groups in total. The maximum atomic E-state index is 12.8. The molecule has 0 unspecified atom stereocenters. The van der Waals surface area contributed by atoms with Crippen LogP contribution < -0.4 is 4.74 Å². The maximum absolute atomic E-state index is 12.8. The Morgan fingerprint density at radius 2 is 1.93 bits per heavy atom. The first-order valence-electron chi connectivity index (χ1n) is 11.2. The van der Waals surface area contributed by atoms with Crippen molar-refractivity contribution in [3.8, 4) is 5.75 Å². The largest absolute Gasteiger partial charge is 0.497 e. The fourth-order valence-electron chi connectivity index (χ4n) is 4.46. The fourth-order valence-corrected chi connectivity index (χ4v) is 4.46. The Labute approximate surface area is 182 Å². The zero-order chi connectivity index (χ0) is 22.5. The maximum Gasteiger partial charge on any atom is 0.311 e. The molecule has 0 saturated heterocycles. The van der Waals surface area contributed by atoms with Gasteiger partial charge in [-0.25, -0.2) is 0 Å². The second kappa shape index (κ2) is 10.5. The summed E-state index contributed by atoms with van der Waals surface area (Å²) in [7, 11) is 1.63. The van der Waals surface area contributed by atoms with Crippen molar-refractivity contribution in [1.82, 2.24) is 0 Å². The van der Waals surface area contributed by atoms with Crippen molar-refractivity contribution in [3.63, 3.8) is 0 Å². The van der Waals surface area contributed by atoms with Gasteiger partial charge in [-0.2, -0.15) is 0 Å². The zero-order valence-electron chi connectivity index (χ0n) is 19.8. The third-order valence-corrected chi connectivity index (χ3v) is 6.33. The highest BCUT2D eigenvalue weighted by molar-refractivity contribution is 5.76. The molecule has 0 heterocycles. The van der Waals surface area contributed by atoms with Crippen LogP contribution in [-0.4, -0.2) is 30.9 Å². The molecular weight excluding hydrogens is 376 g/mol. The van der Waals surface area contributed by atoms with E-state index in [4.69, 9.17) is 9.47 Å². The van der Waals surface area contributed by atoms with Gasteiger partial charge in [0.1, 0.15) is 11.9 Å². The topological polar surface area (TPSA) is 55.8 Å². The summed E-state index contributed by atoms with van der Waals surface area (Å²) in [6.07, 6.45) is 5.01. The van der Waals surface area contributed by atoms with Crippen molar-refractivity contribution in [3.05, 3.63) is 35.9 Å². The highest BCUT2D eigenvalue weighted by atomic mass is 16.5. The van der Waals surface area contributed by atoms with Crippen molar-refractivity contribution in [2.75, 3.05) is 13.7 Å². The first-order chi connectivity index (χ1) is 14.1. The molecule has 0 spiro atoms. The van der Waals surface area contributed by atoms with Crippen molar-refractivity contribution in [2.45, 2.75) is 66.9 Å². The summed E-state index contributed by atoms with van der Waals surface area (Å²) in [6, 6.07) is 7.66. The van der Waals surface area contributed by atoms with E-state index in [-0.39, 0.29) is 24.6 Å². The molecule has 0 radical (unpaired) electrons. The van der Waals surface area contributed by atoms with Crippen LogP contribution in [0.5, 0.6) is 5.75 Å². The van der Waals surface area contributed by atoms with Crippen LogP contribution in [0, 0.1) is 29.1 Å². The molecular formula is C26H40O4. The second-order valence-electron chi connectivity index (χ2n) is 10.2. The van der Waals surface area contributed by atoms with Gasteiger partial charge in [-0.15, -0.1) is 0 Å². The first-order valence-corrected chi connectivity index (χ1v) is 11.2. The molecule has 0 aliphatic heterocycles. The Morgan fingerprint density at radius 3 is 2.50 bits per heavy atom. The van der Waals surface area contributed by atoms with Crippen LogP contribution in [0.3, 0.4) is 0 Å². The van der Waals surface area contributed by atoms with E-state index < -0.39 is 5.41 Å². The van der Waals surface area contributed by atoms with Gasteiger partial charge in [-0.05, 0) is 80.7 Å². The average molecular weight is 417 g/mol. The van der Waals surface area contributed by atoms with E-state index in [9.17, 15) is 9.90 Å². The van der Waals surface area contributed by atoms with E-state index in [1.165, 1.54) is 6.42 Å². The van der Waals surface area contributed by atoms with Crippen LogP contribution in [0.2, 0.25) is 0 Å². The number of rotatable bonds is 7. The number of aliphatic hydroxyl groups excluding tert-OH is 1. The highest BCUT2D eigenvalue weighted by Gasteiger charge is 2.38. The van der Waals surface area contributed by atoms with Gasteiger partial charge in [-0.1, -0.05) is 39.3 Å². The second-order valence-corrected chi connectivity index (χ2v) is 10.2. The van der Waals surface area contributed by atoms with Crippen LogP contribution in [0.4, 0.5) is 0 Å². The number of esters is 1. The number of carbonyl (C=O) groups is 1. The predicted molar refractivity (Wildman–Crippen MR) is 122 cm³/mol. The Morgan fingerprint density at radius 1 is 1.23 bits per heavy atom. The van der Waals surface area contributed by atoms with Gasteiger partial charge in [-0.3, -0.25) is 4.79 Å². The van der Waals surface area contributed by atoms with E-state index >= 15 is 0 Å². The molecule has 1 aromatic carbocycles. The van der Waals surface area contributed by atoms with Gasteiger partial charge < -0.3 is 14.6 Å². The lowest BCUT2D eigenvalue weighted by Crippen LogP contribution is -2.39. The molecule has 168 valence electrons. The predicted octanol–water partition coefficient (Wildman–Crippen LogP) is 5.74. The summed E-state index contributed by atoms with van der Waals surface area (Å²) >= 11 is 0. The SMILES string of the molecule is COc1cccc(/C(=C/[C@H](OC(=O)C(C)(C)C)[C@@H]2C[C@H](C)CC[C@H]2C(C)C)CO)c1. The number of carbonyl (C=O) groups excluding carboxylic acids is 1. The van der Waals surface area contributed by atoms with Gasteiger partial charge in [0.25, 0.3) is 0 Å². The fraction of sp³-hybridized carbons (Fsp3) is 0.654. The van der Waals surface area contributed by atoms with Crippen molar-refractivity contribution < 1.29 is 19.4 Å². The van der Waals surface area contributed by atoms with Crippen molar-refractivity contribution >= 4 is 11.5 Å². The molecule has 4 heteroatoms. The lowest BCUT2D eigenvalue weighted by atomic mass is 9.67. The van der Waals surface area contributed by atoms with Crippen LogP contribution in [0.25, 0.3) is 5.57 Å². The smallest absolute Gasteiger partial charge is 0.311 e. The molecule has 1 aliphatic carbocycles. The minimum atomic E-state index is -0.574. The lowest BCUT2D eigenvalue weighted by Gasteiger charge is -2.41. The molecule has 2 rings (SSSR count). The number of hydrogen-bond donors (Lipinski definition) is 1. The zero-order valence-corrected chi connectivity index (χ0v) is 19.8. The molecule has 0 aromatic heterocycles. The lowest BCUT2D eigenvalue weighted by molar-refractivity contribution is -0.161. The van der Waals surface area contributed by atoms with Gasteiger partial charge in [0, 0.05) is 5.92 Å². The summed E-state index contributed by atoms with van der Waals surface area (Å²) in [5.41, 5.74) is 1.08. The Kier molecular flexibility index (Phi) is 8.54. The number of hydrogen-bond acceptors (Lipinski definition) is 4. The van der Waals surface area contributed by atoms with Gasteiger partial charge in [0.15, 0.2) is 0 Å². The number of methoxy groups -OCH3 is 1. The quantitative estimate of drug-likeness (QED) is 0.576. The van der Waals surface area contributed by atoms with Crippen LogP contribution in [-0.2, 0) is 9.53 Å². The molecule has 4 nitrogen and oxygen atoms in total. The van der Waals surface area contributed by atoms with Crippen LogP contribution in [0.15, 0.2) is 30.3 Å². The van der Waals surface area contributed by atoms with Crippen molar-refractivity contribution in [2.24, 2.45) is 29.1 Å². The third-order valence-electron chi connectivity index (χ3n) is 6.33. The summed E-state index contributed by atoms with van der Waals surface area (Å²) in [6.45, 7) is 12.3. The summed E-state index contributed by atoms with van der Waals surface area (Å²) < 4.78 is 11.5.